The smallest absolute Gasteiger partial charge is 0.251 e. The van der Waals surface area contributed by atoms with Crippen molar-refractivity contribution < 1.29 is 27.1 Å². The lowest BCUT2D eigenvalue weighted by atomic mass is 10.1. The highest BCUT2D eigenvalue weighted by Crippen LogP contribution is 2.28. The fraction of sp³-hybridized carbons (Fsp3) is 0.316. The number of nitrogens with zero attached hydrogens (tertiary/aromatic N) is 1. The van der Waals surface area contributed by atoms with Crippen LogP contribution in [0.2, 0.25) is 0 Å². The van der Waals surface area contributed by atoms with Crippen LogP contribution in [0.15, 0.2) is 41.3 Å². The van der Waals surface area contributed by atoms with E-state index in [1.54, 1.807) is 18.2 Å². The normalized spacial score (nSPS) is 11.4. The highest BCUT2D eigenvalue weighted by atomic mass is 32.2. The van der Waals surface area contributed by atoms with Crippen molar-refractivity contribution in [2.24, 2.45) is 0 Å². The standard InChI is InChI=1S/C19H23FN2O5S/c1-5-27-16-9-6-13(10-17(16)26-4)12-21-19(23)14-7-8-15(20)18(11-14)28(24,25)22(2)3/h6-11H,5,12H2,1-4H3,(H,21,23). The number of carbonyl (C=O) groups is 1. The molecule has 2 aromatic carbocycles. The fourth-order valence-electron chi connectivity index (χ4n) is 2.42. The highest BCUT2D eigenvalue weighted by Gasteiger charge is 2.23. The first-order chi connectivity index (χ1) is 13.2. The monoisotopic (exact) mass is 410 g/mol. The quantitative estimate of drug-likeness (QED) is 0.722. The Labute approximate surface area is 164 Å². The van der Waals surface area contributed by atoms with Crippen LogP contribution in [0.4, 0.5) is 4.39 Å². The molecule has 0 atom stereocenters. The van der Waals surface area contributed by atoms with Crippen LogP contribution < -0.4 is 14.8 Å². The maximum atomic E-state index is 14.0. The number of benzene rings is 2. The van der Waals surface area contributed by atoms with Crippen molar-refractivity contribution in [1.82, 2.24) is 9.62 Å². The molecule has 0 heterocycles. The first-order valence-corrected chi connectivity index (χ1v) is 9.94. The molecule has 9 heteroatoms. The molecule has 0 aliphatic rings. The Kier molecular flexibility index (Phi) is 6.98. The van der Waals surface area contributed by atoms with Gasteiger partial charge in [-0.15, -0.1) is 0 Å². The van der Waals surface area contributed by atoms with Gasteiger partial charge in [0.05, 0.1) is 13.7 Å². The number of halogens is 1. The minimum Gasteiger partial charge on any atom is -0.493 e. The Hall–Kier alpha value is -2.65. The van der Waals surface area contributed by atoms with E-state index in [1.165, 1.54) is 27.3 Å². The van der Waals surface area contributed by atoms with Crippen LogP contribution >= 0.6 is 0 Å². The third-order valence-electron chi connectivity index (χ3n) is 3.93. The number of ether oxygens (including phenoxy) is 2. The van der Waals surface area contributed by atoms with Crippen molar-refractivity contribution in [2.75, 3.05) is 27.8 Å². The second kappa shape index (κ2) is 9.03. The van der Waals surface area contributed by atoms with Crippen LogP contribution in [0.25, 0.3) is 0 Å². The minimum absolute atomic E-state index is 0.0414. The summed E-state index contributed by atoms with van der Waals surface area (Å²) in [6, 6.07) is 8.48. The predicted molar refractivity (Wildman–Crippen MR) is 103 cm³/mol. The van der Waals surface area contributed by atoms with Gasteiger partial charge in [0.2, 0.25) is 10.0 Å². The van der Waals surface area contributed by atoms with Gasteiger partial charge in [-0.2, -0.15) is 0 Å². The van der Waals surface area contributed by atoms with Crippen molar-refractivity contribution in [3.8, 4) is 11.5 Å². The third-order valence-corrected chi connectivity index (χ3v) is 5.76. The molecule has 0 aliphatic carbocycles. The lowest BCUT2D eigenvalue weighted by molar-refractivity contribution is 0.0950. The van der Waals surface area contributed by atoms with Gasteiger partial charge < -0.3 is 14.8 Å². The number of carbonyl (C=O) groups excluding carboxylic acids is 1. The van der Waals surface area contributed by atoms with Crippen LogP contribution in [-0.2, 0) is 16.6 Å². The molecule has 1 N–H and O–H groups in total. The molecule has 0 spiro atoms. The zero-order chi connectivity index (χ0) is 20.9. The summed E-state index contributed by atoms with van der Waals surface area (Å²) < 4.78 is 49.9. The summed E-state index contributed by atoms with van der Waals surface area (Å²) in [5, 5.41) is 2.68. The van der Waals surface area contributed by atoms with Gasteiger partial charge in [0.15, 0.2) is 11.5 Å². The molecule has 7 nitrogen and oxygen atoms in total. The average Bonchev–Trinajstić information content (AvgIpc) is 2.67. The Morgan fingerprint density at radius 3 is 2.46 bits per heavy atom. The number of sulfonamides is 1. The van der Waals surface area contributed by atoms with E-state index >= 15 is 0 Å². The second-order valence-electron chi connectivity index (χ2n) is 6.03. The van der Waals surface area contributed by atoms with E-state index < -0.39 is 26.6 Å². The zero-order valence-corrected chi connectivity index (χ0v) is 17.0. The second-order valence-corrected chi connectivity index (χ2v) is 8.15. The fourth-order valence-corrected chi connectivity index (χ4v) is 3.40. The van der Waals surface area contributed by atoms with Gasteiger partial charge >= 0.3 is 0 Å². The molecule has 0 radical (unpaired) electrons. The van der Waals surface area contributed by atoms with E-state index in [4.69, 9.17) is 9.47 Å². The van der Waals surface area contributed by atoms with Crippen molar-refractivity contribution >= 4 is 15.9 Å². The molecular weight excluding hydrogens is 387 g/mol. The molecule has 0 aliphatic heterocycles. The van der Waals surface area contributed by atoms with Crippen molar-refractivity contribution in [3.63, 3.8) is 0 Å². The average molecular weight is 410 g/mol. The Morgan fingerprint density at radius 2 is 1.86 bits per heavy atom. The molecule has 2 aromatic rings. The Bertz CT molecular complexity index is 961. The van der Waals surface area contributed by atoms with Crippen LogP contribution in [-0.4, -0.2) is 46.4 Å². The summed E-state index contributed by atoms with van der Waals surface area (Å²) in [5.74, 6) is -0.309. The predicted octanol–water partition coefficient (Wildman–Crippen LogP) is 2.41. The van der Waals surface area contributed by atoms with Crippen molar-refractivity contribution in [3.05, 3.63) is 53.3 Å². The van der Waals surface area contributed by atoms with E-state index in [0.717, 1.165) is 22.0 Å². The number of nitrogens with one attached hydrogen (secondary N) is 1. The molecule has 28 heavy (non-hydrogen) atoms. The summed E-state index contributed by atoms with van der Waals surface area (Å²) in [7, 11) is 0.102. The number of rotatable bonds is 8. The summed E-state index contributed by atoms with van der Waals surface area (Å²) in [6.07, 6.45) is 0. The van der Waals surface area contributed by atoms with Gasteiger partial charge in [0.25, 0.3) is 5.91 Å². The molecule has 0 bridgehead atoms. The molecule has 0 saturated carbocycles. The number of hydrogen-bond donors (Lipinski definition) is 1. The Balaban J connectivity index is 2.18. The maximum absolute atomic E-state index is 14.0. The lowest BCUT2D eigenvalue weighted by Crippen LogP contribution is -2.26. The summed E-state index contributed by atoms with van der Waals surface area (Å²) in [5.41, 5.74) is 0.802. The van der Waals surface area contributed by atoms with Gasteiger partial charge in [-0.25, -0.2) is 17.1 Å². The molecule has 2 rings (SSSR count). The van der Waals surface area contributed by atoms with Crippen LogP contribution in [0, 0.1) is 5.82 Å². The van der Waals surface area contributed by atoms with E-state index in [0.29, 0.717) is 18.1 Å². The summed E-state index contributed by atoms with van der Waals surface area (Å²) in [4.78, 5) is 11.9. The topological polar surface area (TPSA) is 84.9 Å². The molecular formula is C19H23FN2O5S. The molecule has 0 saturated heterocycles. The largest absolute Gasteiger partial charge is 0.493 e. The van der Waals surface area contributed by atoms with Crippen molar-refractivity contribution in [2.45, 2.75) is 18.4 Å². The number of methoxy groups -OCH3 is 1. The zero-order valence-electron chi connectivity index (χ0n) is 16.2. The molecule has 1 amide bonds. The number of hydrogen-bond acceptors (Lipinski definition) is 5. The van der Waals surface area contributed by atoms with Crippen molar-refractivity contribution in [1.29, 1.82) is 0 Å². The van der Waals surface area contributed by atoms with E-state index in [2.05, 4.69) is 5.32 Å². The third kappa shape index (κ3) is 4.79. The first-order valence-electron chi connectivity index (χ1n) is 8.50. The molecule has 0 aromatic heterocycles. The highest BCUT2D eigenvalue weighted by molar-refractivity contribution is 7.89. The SMILES string of the molecule is CCOc1ccc(CNC(=O)c2ccc(F)c(S(=O)(=O)N(C)C)c2)cc1OC. The Morgan fingerprint density at radius 1 is 1.14 bits per heavy atom. The van der Waals surface area contributed by atoms with Gasteiger partial charge in [-0.3, -0.25) is 4.79 Å². The van der Waals surface area contributed by atoms with E-state index in [9.17, 15) is 17.6 Å². The van der Waals surface area contributed by atoms with E-state index in [1.807, 2.05) is 6.92 Å². The van der Waals surface area contributed by atoms with Gasteiger partial charge in [-0.1, -0.05) is 6.07 Å². The van der Waals surface area contributed by atoms with Crippen LogP contribution in [0.1, 0.15) is 22.8 Å². The number of amides is 1. The lowest BCUT2D eigenvalue weighted by Gasteiger charge is -2.14. The summed E-state index contributed by atoms with van der Waals surface area (Å²) in [6.45, 7) is 2.53. The minimum atomic E-state index is -4.00. The van der Waals surface area contributed by atoms with Gasteiger partial charge in [0.1, 0.15) is 10.7 Å². The maximum Gasteiger partial charge on any atom is 0.251 e. The van der Waals surface area contributed by atoms with Crippen LogP contribution in [0.5, 0.6) is 11.5 Å². The molecule has 0 fully saturated rings. The van der Waals surface area contributed by atoms with E-state index in [-0.39, 0.29) is 12.1 Å². The van der Waals surface area contributed by atoms with Gasteiger partial charge in [-0.05, 0) is 42.8 Å². The first kappa shape index (κ1) is 21.6. The molecule has 152 valence electrons. The van der Waals surface area contributed by atoms with Crippen LogP contribution in [0.3, 0.4) is 0 Å². The summed E-state index contributed by atoms with van der Waals surface area (Å²) >= 11 is 0. The van der Waals surface area contributed by atoms with Gasteiger partial charge in [0, 0.05) is 26.2 Å². The molecule has 0 unspecified atom stereocenters.